The van der Waals surface area contributed by atoms with Crippen LogP contribution in [0.2, 0.25) is 0 Å². The fraction of sp³-hybridized carbons (Fsp3) is 0.333. The smallest absolute Gasteiger partial charge is 0.270 e. The molecular formula is C15H18N2O2. The van der Waals surface area contributed by atoms with Crippen LogP contribution >= 0.6 is 0 Å². The number of carbonyl (C=O) groups excluding carboxylic acids is 1. The fourth-order valence-corrected chi connectivity index (χ4v) is 1.88. The van der Waals surface area contributed by atoms with E-state index in [1.165, 1.54) is 0 Å². The Hall–Kier alpha value is -1.94. The quantitative estimate of drug-likeness (QED) is 0.881. The van der Waals surface area contributed by atoms with E-state index in [0.29, 0.717) is 5.69 Å². The van der Waals surface area contributed by atoms with Crippen LogP contribution in [0.4, 0.5) is 0 Å². The molecule has 2 aromatic rings. The molecule has 0 saturated carbocycles. The molecule has 1 amide bonds. The Bertz CT molecular complexity index is 578. The van der Waals surface area contributed by atoms with Crippen molar-refractivity contribution >= 4 is 16.7 Å². The molecule has 2 unspecified atom stereocenters. The third-order valence-electron chi connectivity index (χ3n) is 3.39. The lowest BCUT2D eigenvalue weighted by Crippen LogP contribution is -2.38. The van der Waals surface area contributed by atoms with Gasteiger partial charge in [0.1, 0.15) is 5.69 Å². The highest BCUT2D eigenvalue weighted by atomic mass is 16.3. The number of pyridine rings is 1. The monoisotopic (exact) mass is 258 g/mol. The van der Waals surface area contributed by atoms with Gasteiger partial charge < -0.3 is 10.4 Å². The summed E-state index contributed by atoms with van der Waals surface area (Å²) in [4.78, 5) is 16.4. The van der Waals surface area contributed by atoms with Crippen LogP contribution in [0.15, 0.2) is 36.5 Å². The van der Waals surface area contributed by atoms with Crippen LogP contribution in [0.3, 0.4) is 0 Å². The van der Waals surface area contributed by atoms with Crippen LogP contribution in [0.1, 0.15) is 24.3 Å². The number of aliphatic hydroxyl groups is 1. The number of nitrogens with zero attached hydrogens (tertiary/aromatic N) is 1. The standard InChI is InChI=1S/C15H18N2O2/c1-10(9-18)11(2)17-15(19)14-13-6-4-3-5-12(13)7-8-16-14/h3-8,10-11,18H,9H2,1-2H3,(H,17,19). The summed E-state index contributed by atoms with van der Waals surface area (Å²) in [7, 11) is 0. The van der Waals surface area contributed by atoms with E-state index in [1.54, 1.807) is 6.20 Å². The number of hydrogen-bond acceptors (Lipinski definition) is 3. The van der Waals surface area contributed by atoms with E-state index in [0.717, 1.165) is 10.8 Å². The average molecular weight is 258 g/mol. The first-order chi connectivity index (χ1) is 9.13. The number of aromatic nitrogens is 1. The molecule has 1 aromatic heterocycles. The van der Waals surface area contributed by atoms with Crippen LogP contribution in [0.25, 0.3) is 10.8 Å². The maximum absolute atomic E-state index is 12.2. The lowest BCUT2D eigenvalue weighted by atomic mass is 10.0. The molecule has 0 aliphatic heterocycles. The van der Waals surface area contributed by atoms with Crippen molar-refractivity contribution < 1.29 is 9.90 Å². The lowest BCUT2D eigenvalue weighted by molar-refractivity contribution is 0.0913. The maximum Gasteiger partial charge on any atom is 0.270 e. The van der Waals surface area contributed by atoms with E-state index in [1.807, 2.05) is 44.2 Å². The highest BCUT2D eigenvalue weighted by Gasteiger charge is 2.17. The number of rotatable bonds is 4. The largest absolute Gasteiger partial charge is 0.396 e. The first-order valence-electron chi connectivity index (χ1n) is 6.39. The van der Waals surface area contributed by atoms with Gasteiger partial charge in [0.25, 0.3) is 5.91 Å². The molecule has 0 fully saturated rings. The van der Waals surface area contributed by atoms with Crippen molar-refractivity contribution in [3.63, 3.8) is 0 Å². The third-order valence-corrected chi connectivity index (χ3v) is 3.39. The Morgan fingerprint density at radius 2 is 2.05 bits per heavy atom. The number of carbonyl (C=O) groups is 1. The summed E-state index contributed by atoms with van der Waals surface area (Å²) in [5.74, 6) is -0.191. The van der Waals surface area contributed by atoms with Crippen molar-refractivity contribution in [2.24, 2.45) is 5.92 Å². The van der Waals surface area contributed by atoms with Gasteiger partial charge >= 0.3 is 0 Å². The van der Waals surface area contributed by atoms with Gasteiger partial charge in [-0.15, -0.1) is 0 Å². The molecule has 1 heterocycles. The molecule has 0 aliphatic rings. The van der Waals surface area contributed by atoms with Gasteiger partial charge in [0.05, 0.1) is 0 Å². The van der Waals surface area contributed by atoms with Gasteiger partial charge in [0.2, 0.25) is 0 Å². The maximum atomic E-state index is 12.2. The van der Waals surface area contributed by atoms with Gasteiger partial charge in [0, 0.05) is 24.2 Å². The molecule has 0 saturated heterocycles. The molecule has 0 aliphatic carbocycles. The predicted molar refractivity (Wildman–Crippen MR) is 74.9 cm³/mol. The van der Waals surface area contributed by atoms with E-state index >= 15 is 0 Å². The fourth-order valence-electron chi connectivity index (χ4n) is 1.88. The summed E-state index contributed by atoms with van der Waals surface area (Å²) in [6, 6.07) is 9.44. The van der Waals surface area contributed by atoms with Gasteiger partial charge in [-0.05, 0) is 24.3 Å². The summed E-state index contributed by atoms with van der Waals surface area (Å²) in [5, 5.41) is 13.8. The van der Waals surface area contributed by atoms with Crippen molar-refractivity contribution in [2.45, 2.75) is 19.9 Å². The SMILES string of the molecule is CC(CO)C(C)NC(=O)c1nccc2ccccc12. The molecular weight excluding hydrogens is 240 g/mol. The van der Waals surface area contributed by atoms with Crippen molar-refractivity contribution in [3.8, 4) is 0 Å². The summed E-state index contributed by atoms with van der Waals surface area (Å²) >= 11 is 0. The first kappa shape index (κ1) is 13.5. The van der Waals surface area contributed by atoms with E-state index in [9.17, 15) is 4.79 Å². The second kappa shape index (κ2) is 5.80. The first-order valence-corrected chi connectivity index (χ1v) is 6.39. The summed E-state index contributed by atoms with van der Waals surface area (Å²) in [5.41, 5.74) is 0.426. The topological polar surface area (TPSA) is 62.2 Å². The number of benzene rings is 1. The normalized spacial score (nSPS) is 14.1. The predicted octanol–water partition coefficient (Wildman–Crippen LogP) is 1.98. The minimum atomic E-state index is -0.204. The highest BCUT2D eigenvalue weighted by Crippen LogP contribution is 2.16. The zero-order chi connectivity index (χ0) is 13.8. The lowest BCUT2D eigenvalue weighted by Gasteiger charge is -2.19. The van der Waals surface area contributed by atoms with E-state index in [4.69, 9.17) is 5.11 Å². The minimum Gasteiger partial charge on any atom is -0.396 e. The zero-order valence-corrected chi connectivity index (χ0v) is 11.1. The van der Waals surface area contributed by atoms with Gasteiger partial charge in [-0.2, -0.15) is 0 Å². The third kappa shape index (κ3) is 2.90. The van der Waals surface area contributed by atoms with Crippen LogP contribution in [0, 0.1) is 5.92 Å². The Kier molecular flexibility index (Phi) is 4.12. The Balaban J connectivity index is 2.27. The summed E-state index contributed by atoms with van der Waals surface area (Å²) in [6.07, 6.45) is 1.64. The van der Waals surface area contributed by atoms with Crippen molar-refractivity contribution in [2.75, 3.05) is 6.61 Å². The summed E-state index contributed by atoms with van der Waals surface area (Å²) in [6.45, 7) is 3.82. The van der Waals surface area contributed by atoms with Crippen molar-refractivity contribution in [3.05, 3.63) is 42.2 Å². The van der Waals surface area contributed by atoms with E-state index in [-0.39, 0.29) is 24.5 Å². The van der Waals surface area contributed by atoms with E-state index < -0.39 is 0 Å². The van der Waals surface area contributed by atoms with Crippen molar-refractivity contribution in [1.29, 1.82) is 0 Å². The zero-order valence-electron chi connectivity index (χ0n) is 11.1. The summed E-state index contributed by atoms with van der Waals surface area (Å²) < 4.78 is 0. The molecule has 0 bridgehead atoms. The van der Waals surface area contributed by atoms with Crippen LogP contribution in [-0.4, -0.2) is 28.6 Å². The van der Waals surface area contributed by atoms with Gasteiger partial charge in [-0.1, -0.05) is 31.2 Å². The van der Waals surface area contributed by atoms with Crippen LogP contribution in [0.5, 0.6) is 0 Å². The molecule has 19 heavy (non-hydrogen) atoms. The Labute approximate surface area is 112 Å². The van der Waals surface area contributed by atoms with Gasteiger partial charge in [-0.3, -0.25) is 9.78 Å². The number of fused-ring (bicyclic) bond motifs is 1. The molecule has 2 atom stereocenters. The second-order valence-corrected chi connectivity index (χ2v) is 4.80. The Morgan fingerprint density at radius 1 is 1.32 bits per heavy atom. The highest BCUT2D eigenvalue weighted by molar-refractivity contribution is 6.05. The number of nitrogens with one attached hydrogen (secondary N) is 1. The molecule has 4 nitrogen and oxygen atoms in total. The molecule has 2 rings (SSSR count). The molecule has 1 aromatic carbocycles. The molecule has 4 heteroatoms. The molecule has 0 radical (unpaired) electrons. The average Bonchev–Trinajstić information content (AvgIpc) is 2.45. The van der Waals surface area contributed by atoms with E-state index in [2.05, 4.69) is 10.3 Å². The molecule has 0 spiro atoms. The minimum absolute atomic E-state index is 0.0129. The van der Waals surface area contributed by atoms with Crippen LogP contribution < -0.4 is 5.32 Å². The number of amides is 1. The Morgan fingerprint density at radius 3 is 2.79 bits per heavy atom. The molecule has 100 valence electrons. The van der Waals surface area contributed by atoms with Gasteiger partial charge in [-0.25, -0.2) is 0 Å². The number of hydrogen-bond donors (Lipinski definition) is 2. The van der Waals surface area contributed by atoms with Crippen molar-refractivity contribution in [1.82, 2.24) is 10.3 Å². The second-order valence-electron chi connectivity index (χ2n) is 4.80. The van der Waals surface area contributed by atoms with Crippen LogP contribution in [-0.2, 0) is 0 Å². The number of aliphatic hydroxyl groups excluding tert-OH is 1. The van der Waals surface area contributed by atoms with Gasteiger partial charge in [0.15, 0.2) is 0 Å². The molecule has 2 N–H and O–H groups in total.